The van der Waals surface area contributed by atoms with Gasteiger partial charge in [0.25, 0.3) is 5.91 Å². The Morgan fingerprint density at radius 3 is 2.80 bits per heavy atom. The van der Waals surface area contributed by atoms with Gasteiger partial charge in [0.2, 0.25) is 0 Å². The molecule has 2 aromatic rings. The Hall–Kier alpha value is -1.73. The van der Waals surface area contributed by atoms with Crippen LogP contribution in [0.4, 0.5) is 0 Å². The fourth-order valence-electron chi connectivity index (χ4n) is 1.67. The predicted octanol–water partition coefficient (Wildman–Crippen LogP) is 1.22. The van der Waals surface area contributed by atoms with E-state index < -0.39 is 5.60 Å². The molecule has 1 amide bonds. The highest BCUT2D eigenvalue weighted by Crippen LogP contribution is 2.18. The maximum absolute atomic E-state index is 11.9. The van der Waals surface area contributed by atoms with Crippen LogP contribution in [0.5, 0.6) is 0 Å². The number of amides is 1. The van der Waals surface area contributed by atoms with Crippen molar-refractivity contribution in [2.75, 3.05) is 6.54 Å². The van der Waals surface area contributed by atoms with E-state index in [1.54, 1.807) is 43.2 Å². The molecule has 106 valence electrons. The Balaban J connectivity index is 2.00. The monoisotopic (exact) mass is 338 g/mol. The van der Waals surface area contributed by atoms with E-state index in [-0.39, 0.29) is 12.5 Å². The highest BCUT2D eigenvalue weighted by molar-refractivity contribution is 9.10. The molecular formula is C13H15BrN4O2. The molecule has 0 bridgehead atoms. The lowest BCUT2D eigenvalue weighted by Crippen LogP contribution is -2.38. The van der Waals surface area contributed by atoms with E-state index in [2.05, 4.69) is 31.3 Å². The number of nitrogens with zero attached hydrogens (tertiary/aromatic N) is 3. The number of hydrogen-bond acceptors (Lipinski definition) is 4. The fraction of sp³-hybridized carbons (Fsp3) is 0.308. The Bertz CT molecular complexity index is 607. The van der Waals surface area contributed by atoms with Crippen LogP contribution in [-0.2, 0) is 12.6 Å². The summed E-state index contributed by atoms with van der Waals surface area (Å²) in [5.74, 6) is -0.283. The summed E-state index contributed by atoms with van der Waals surface area (Å²) in [5.41, 5.74) is -0.0865. The highest BCUT2D eigenvalue weighted by Gasteiger charge is 2.25. The van der Waals surface area contributed by atoms with Gasteiger partial charge >= 0.3 is 0 Å². The third kappa shape index (κ3) is 3.43. The van der Waals surface area contributed by atoms with E-state index in [4.69, 9.17) is 0 Å². The largest absolute Gasteiger partial charge is 0.383 e. The molecule has 2 rings (SSSR count). The lowest BCUT2D eigenvalue weighted by Gasteiger charge is -2.22. The number of pyridine rings is 1. The topological polar surface area (TPSA) is 80.0 Å². The van der Waals surface area contributed by atoms with Crippen molar-refractivity contribution < 1.29 is 9.90 Å². The molecule has 0 spiro atoms. The summed E-state index contributed by atoms with van der Waals surface area (Å²) in [7, 11) is 1.77. The van der Waals surface area contributed by atoms with Crippen LogP contribution >= 0.6 is 15.9 Å². The zero-order chi connectivity index (χ0) is 14.8. The molecule has 0 fully saturated rings. The number of hydrogen-bond donors (Lipinski definition) is 2. The summed E-state index contributed by atoms with van der Waals surface area (Å²) < 4.78 is 2.26. The van der Waals surface area contributed by atoms with Gasteiger partial charge in [-0.25, -0.2) is 4.98 Å². The van der Waals surface area contributed by atoms with Crippen LogP contribution in [0.1, 0.15) is 22.8 Å². The van der Waals surface area contributed by atoms with E-state index in [1.807, 2.05) is 0 Å². The summed E-state index contributed by atoms with van der Waals surface area (Å²) >= 11 is 3.21. The summed E-state index contributed by atoms with van der Waals surface area (Å²) in [6.45, 7) is 1.72. The van der Waals surface area contributed by atoms with Crippen LogP contribution in [0.15, 0.2) is 35.3 Å². The number of nitrogens with one attached hydrogen (secondary N) is 1. The van der Waals surface area contributed by atoms with Crippen LogP contribution in [0.3, 0.4) is 0 Å². The average molecular weight is 339 g/mol. The molecule has 0 radical (unpaired) electrons. The number of carbonyl (C=O) groups excluding carboxylic acids is 1. The molecule has 2 aromatic heterocycles. The van der Waals surface area contributed by atoms with Gasteiger partial charge in [-0.15, -0.1) is 0 Å². The second-order valence-corrected chi connectivity index (χ2v) is 5.54. The van der Waals surface area contributed by atoms with Crippen molar-refractivity contribution in [3.63, 3.8) is 0 Å². The summed E-state index contributed by atoms with van der Waals surface area (Å²) in [6.07, 6.45) is 4.76. The fourth-order valence-corrected chi connectivity index (χ4v) is 1.90. The quantitative estimate of drug-likeness (QED) is 0.821. The molecule has 1 unspecified atom stereocenters. The van der Waals surface area contributed by atoms with Gasteiger partial charge in [-0.05, 0) is 35.0 Å². The first kappa shape index (κ1) is 14.7. The number of rotatable bonds is 4. The molecule has 0 saturated heterocycles. The van der Waals surface area contributed by atoms with Crippen LogP contribution < -0.4 is 5.32 Å². The average Bonchev–Trinajstić information content (AvgIpc) is 2.84. The molecule has 2 heterocycles. The molecular weight excluding hydrogens is 324 g/mol. The zero-order valence-electron chi connectivity index (χ0n) is 11.2. The van der Waals surface area contributed by atoms with Gasteiger partial charge in [0.05, 0.1) is 18.3 Å². The zero-order valence-corrected chi connectivity index (χ0v) is 12.8. The Morgan fingerprint density at radius 1 is 1.50 bits per heavy atom. The van der Waals surface area contributed by atoms with Gasteiger partial charge < -0.3 is 10.4 Å². The van der Waals surface area contributed by atoms with Crippen LogP contribution in [0, 0.1) is 0 Å². The van der Waals surface area contributed by atoms with Crippen LogP contribution in [0.25, 0.3) is 0 Å². The van der Waals surface area contributed by atoms with E-state index in [0.29, 0.717) is 15.7 Å². The first-order chi connectivity index (χ1) is 9.38. The molecule has 0 aliphatic heterocycles. The Labute approximate surface area is 125 Å². The standard InChI is InChI=1S/C13H15BrN4O2/c1-13(20,10-6-17-18(2)7-10)8-16-12(19)9-3-4-11(14)15-5-9/h3-7,20H,8H2,1-2H3,(H,16,19). The summed E-state index contributed by atoms with van der Waals surface area (Å²) in [4.78, 5) is 15.9. The molecule has 0 aliphatic carbocycles. The lowest BCUT2D eigenvalue weighted by molar-refractivity contribution is 0.0525. The maximum Gasteiger partial charge on any atom is 0.252 e. The van der Waals surface area contributed by atoms with Crippen molar-refractivity contribution in [2.24, 2.45) is 7.05 Å². The molecule has 20 heavy (non-hydrogen) atoms. The SMILES string of the molecule is Cn1cc(C(C)(O)CNC(=O)c2ccc(Br)nc2)cn1. The Morgan fingerprint density at radius 2 is 2.25 bits per heavy atom. The maximum atomic E-state index is 11.9. The minimum Gasteiger partial charge on any atom is -0.383 e. The number of aromatic nitrogens is 3. The number of carbonyl (C=O) groups is 1. The molecule has 0 saturated carbocycles. The smallest absolute Gasteiger partial charge is 0.252 e. The third-order valence-corrected chi connectivity index (χ3v) is 3.38. The van der Waals surface area contributed by atoms with Crippen molar-refractivity contribution in [3.8, 4) is 0 Å². The van der Waals surface area contributed by atoms with Crippen molar-refractivity contribution >= 4 is 21.8 Å². The van der Waals surface area contributed by atoms with Gasteiger partial charge in [-0.1, -0.05) is 0 Å². The third-order valence-electron chi connectivity index (χ3n) is 2.91. The predicted molar refractivity (Wildman–Crippen MR) is 77.0 cm³/mol. The van der Waals surface area contributed by atoms with Gasteiger partial charge in [0.1, 0.15) is 10.2 Å². The van der Waals surface area contributed by atoms with Gasteiger partial charge in [-0.3, -0.25) is 9.48 Å². The molecule has 0 aliphatic rings. The van der Waals surface area contributed by atoms with Crippen LogP contribution in [-0.4, -0.2) is 32.3 Å². The second kappa shape index (κ2) is 5.72. The first-order valence-corrected chi connectivity index (χ1v) is 6.79. The number of aryl methyl sites for hydroxylation is 1. The van der Waals surface area contributed by atoms with Crippen LogP contribution in [0.2, 0.25) is 0 Å². The van der Waals surface area contributed by atoms with Crippen molar-refractivity contribution in [2.45, 2.75) is 12.5 Å². The molecule has 6 nitrogen and oxygen atoms in total. The first-order valence-electron chi connectivity index (χ1n) is 6.00. The van der Waals surface area contributed by atoms with E-state index in [9.17, 15) is 9.90 Å². The molecule has 2 N–H and O–H groups in total. The minimum atomic E-state index is -1.17. The number of aliphatic hydroxyl groups is 1. The summed E-state index contributed by atoms with van der Waals surface area (Å²) in [6, 6.07) is 3.35. The van der Waals surface area contributed by atoms with E-state index in [1.165, 1.54) is 6.20 Å². The molecule has 7 heteroatoms. The lowest BCUT2D eigenvalue weighted by atomic mass is 9.99. The Kier molecular flexibility index (Phi) is 4.20. The van der Waals surface area contributed by atoms with Crippen molar-refractivity contribution in [1.82, 2.24) is 20.1 Å². The normalized spacial score (nSPS) is 13.8. The van der Waals surface area contributed by atoms with Gasteiger partial charge in [0.15, 0.2) is 0 Å². The highest BCUT2D eigenvalue weighted by atomic mass is 79.9. The minimum absolute atomic E-state index is 0.0909. The van der Waals surface area contributed by atoms with Gasteiger partial charge in [0, 0.05) is 25.0 Å². The van der Waals surface area contributed by atoms with Crippen molar-refractivity contribution in [3.05, 3.63) is 46.5 Å². The summed E-state index contributed by atoms with van der Waals surface area (Å²) in [5, 5.41) is 17.0. The molecule has 0 aromatic carbocycles. The second-order valence-electron chi connectivity index (χ2n) is 4.73. The number of halogens is 1. The van der Waals surface area contributed by atoms with E-state index in [0.717, 1.165) is 0 Å². The molecule has 1 atom stereocenters. The van der Waals surface area contributed by atoms with Crippen molar-refractivity contribution in [1.29, 1.82) is 0 Å². The van der Waals surface area contributed by atoms with E-state index >= 15 is 0 Å². The van der Waals surface area contributed by atoms with Gasteiger partial charge in [-0.2, -0.15) is 5.10 Å².